The highest BCUT2D eigenvalue weighted by Gasteiger charge is 2.31. The average molecular weight is 503 g/mol. The monoisotopic (exact) mass is 502 g/mol. The van der Waals surface area contributed by atoms with Crippen molar-refractivity contribution in [3.05, 3.63) is 91.0 Å². The highest BCUT2D eigenvalue weighted by molar-refractivity contribution is 7.99. The highest BCUT2D eigenvalue weighted by Crippen LogP contribution is 2.35. The maximum Gasteiger partial charge on any atom is 0.240 e. The molecular formula is C27H26N4O2S2. The van der Waals surface area contributed by atoms with Gasteiger partial charge in [0.05, 0.1) is 4.90 Å². The second-order valence-electron chi connectivity index (χ2n) is 8.51. The zero-order valence-electron chi connectivity index (χ0n) is 19.1. The minimum atomic E-state index is -3.60. The van der Waals surface area contributed by atoms with E-state index in [-0.39, 0.29) is 16.2 Å². The lowest BCUT2D eigenvalue weighted by Gasteiger charge is -2.31. The normalized spacial score (nSPS) is 18.3. The zero-order chi connectivity index (χ0) is 24.1. The van der Waals surface area contributed by atoms with Crippen molar-refractivity contribution in [1.82, 2.24) is 19.9 Å². The van der Waals surface area contributed by atoms with E-state index in [9.17, 15) is 8.42 Å². The third-order valence-corrected chi connectivity index (χ3v) is 8.84. The summed E-state index contributed by atoms with van der Waals surface area (Å²) in [6, 6.07) is 28.2. The molecule has 0 amide bonds. The van der Waals surface area contributed by atoms with Gasteiger partial charge < -0.3 is 0 Å². The van der Waals surface area contributed by atoms with Gasteiger partial charge in [-0.05, 0) is 25.0 Å². The maximum absolute atomic E-state index is 13.0. The van der Waals surface area contributed by atoms with Crippen molar-refractivity contribution in [2.75, 3.05) is 0 Å². The lowest BCUT2D eigenvalue weighted by Crippen LogP contribution is -2.43. The molecule has 1 saturated carbocycles. The summed E-state index contributed by atoms with van der Waals surface area (Å²) < 4.78 is 28.9. The fourth-order valence-electron chi connectivity index (χ4n) is 4.32. The molecule has 0 bridgehead atoms. The number of thioether (sulfide) groups is 1. The van der Waals surface area contributed by atoms with Crippen molar-refractivity contribution in [2.45, 2.75) is 47.0 Å². The summed E-state index contributed by atoms with van der Waals surface area (Å²) in [6.07, 6.45) is 3.70. The van der Waals surface area contributed by atoms with E-state index in [0.29, 0.717) is 5.16 Å². The van der Waals surface area contributed by atoms with Crippen LogP contribution in [0, 0.1) is 0 Å². The van der Waals surface area contributed by atoms with Crippen molar-refractivity contribution in [1.29, 1.82) is 0 Å². The first kappa shape index (κ1) is 23.7. The number of nitrogens with one attached hydrogen (secondary N) is 1. The molecule has 1 aromatic heterocycles. The van der Waals surface area contributed by atoms with Gasteiger partial charge in [0.15, 0.2) is 0 Å². The summed E-state index contributed by atoms with van der Waals surface area (Å²) in [5.41, 5.74) is 3.42. The van der Waals surface area contributed by atoms with E-state index in [0.717, 1.165) is 48.2 Å². The second kappa shape index (κ2) is 10.7. The van der Waals surface area contributed by atoms with Crippen molar-refractivity contribution in [3.63, 3.8) is 0 Å². The molecule has 178 valence electrons. The number of hydrogen-bond acceptors (Lipinski definition) is 6. The molecule has 0 radical (unpaired) electrons. The number of sulfonamides is 1. The Bertz CT molecular complexity index is 1370. The summed E-state index contributed by atoms with van der Waals surface area (Å²) in [4.78, 5) is 5.20. The third-order valence-electron chi connectivity index (χ3n) is 6.08. The third kappa shape index (κ3) is 5.61. The molecule has 0 spiro atoms. The van der Waals surface area contributed by atoms with Gasteiger partial charge >= 0.3 is 0 Å². The van der Waals surface area contributed by atoms with E-state index in [4.69, 9.17) is 4.98 Å². The predicted octanol–water partition coefficient (Wildman–Crippen LogP) is 5.59. The number of rotatable bonds is 7. The molecule has 2 atom stereocenters. The van der Waals surface area contributed by atoms with Crippen LogP contribution in [0.15, 0.2) is 101 Å². The lowest BCUT2D eigenvalue weighted by molar-refractivity contribution is 0.422. The van der Waals surface area contributed by atoms with E-state index in [1.165, 1.54) is 11.8 Å². The summed E-state index contributed by atoms with van der Waals surface area (Å²) >= 11 is 1.51. The Morgan fingerprint density at radius 1 is 0.714 bits per heavy atom. The van der Waals surface area contributed by atoms with Gasteiger partial charge in [-0.1, -0.05) is 103 Å². The van der Waals surface area contributed by atoms with Crippen molar-refractivity contribution >= 4 is 21.8 Å². The molecule has 3 aromatic carbocycles. The minimum absolute atomic E-state index is 0.0234. The number of nitrogens with zero attached hydrogens (tertiary/aromatic N) is 3. The van der Waals surface area contributed by atoms with Gasteiger partial charge in [-0.25, -0.2) is 18.1 Å². The molecule has 5 rings (SSSR count). The van der Waals surface area contributed by atoms with Crippen LogP contribution in [0.3, 0.4) is 0 Å². The predicted molar refractivity (Wildman–Crippen MR) is 139 cm³/mol. The molecule has 1 heterocycles. The number of aromatic nitrogens is 3. The standard InChI is InChI=1S/C27H26N4O2S2/c32-35(33,22-16-8-3-9-17-22)31-23-18-10-11-19-24(23)34-27-28-25(20-12-4-1-5-13-20)26(29-30-27)21-14-6-2-7-15-21/h1-9,12-17,23-24,31H,10-11,18-19H2/t23-,24+/m0/s1. The highest BCUT2D eigenvalue weighted by atomic mass is 32.2. The van der Waals surface area contributed by atoms with Crippen molar-refractivity contribution in [3.8, 4) is 22.5 Å². The van der Waals surface area contributed by atoms with Gasteiger partial charge in [0, 0.05) is 22.4 Å². The van der Waals surface area contributed by atoms with Crippen molar-refractivity contribution in [2.24, 2.45) is 0 Å². The van der Waals surface area contributed by atoms with Crippen LogP contribution >= 0.6 is 11.8 Å². The molecule has 1 fully saturated rings. The molecule has 1 N–H and O–H groups in total. The van der Waals surface area contributed by atoms with Gasteiger partial charge in [0.1, 0.15) is 11.4 Å². The molecule has 1 aliphatic carbocycles. The van der Waals surface area contributed by atoms with E-state index in [1.807, 2.05) is 66.7 Å². The topological polar surface area (TPSA) is 84.8 Å². The van der Waals surface area contributed by atoms with E-state index in [1.54, 1.807) is 24.3 Å². The molecule has 35 heavy (non-hydrogen) atoms. The minimum Gasteiger partial charge on any atom is -0.219 e. The van der Waals surface area contributed by atoms with Crippen LogP contribution in [0.2, 0.25) is 0 Å². The SMILES string of the molecule is O=S(=O)(N[C@H]1CCCC[C@H]1Sc1nnc(-c2ccccc2)c(-c2ccccc2)n1)c1ccccc1. The molecule has 8 heteroatoms. The maximum atomic E-state index is 13.0. The largest absolute Gasteiger partial charge is 0.240 e. The molecule has 0 saturated heterocycles. The van der Waals surface area contributed by atoms with Gasteiger partial charge in [-0.15, -0.1) is 10.2 Å². The Balaban J connectivity index is 1.43. The van der Waals surface area contributed by atoms with Crippen molar-refractivity contribution < 1.29 is 8.42 Å². The molecule has 0 aliphatic heterocycles. The Morgan fingerprint density at radius 3 is 1.94 bits per heavy atom. The van der Waals surface area contributed by atoms with Crippen LogP contribution in [0.5, 0.6) is 0 Å². The summed E-state index contributed by atoms with van der Waals surface area (Å²) in [6.45, 7) is 0. The zero-order valence-corrected chi connectivity index (χ0v) is 20.8. The fourth-order valence-corrected chi connectivity index (χ4v) is 6.90. The van der Waals surface area contributed by atoms with E-state index in [2.05, 4.69) is 14.9 Å². The first-order valence-electron chi connectivity index (χ1n) is 11.7. The first-order chi connectivity index (χ1) is 17.1. The molecule has 0 unspecified atom stereocenters. The average Bonchev–Trinajstić information content (AvgIpc) is 2.91. The smallest absolute Gasteiger partial charge is 0.219 e. The van der Waals surface area contributed by atoms with Gasteiger partial charge in [-0.3, -0.25) is 0 Å². The van der Waals surface area contributed by atoms with E-state index < -0.39 is 10.0 Å². The van der Waals surface area contributed by atoms with Crippen LogP contribution in [0.25, 0.3) is 22.5 Å². The van der Waals surface area contributed by atoms with Crippen LogP contribution in [0.1, 0.15) is 25.7 Å². The Hall–Kier alpha value is -3.07. The summed E-state index contributed by atoms with van der Waals surface area (Å²) in [7, 11) is -3.60. The van der Waals surface area contributed by atoms with Crippen LogP contribution < -0.4 is 4.72 Å². The summed E-state index contributed by atoms with van der Waals surface area (Å²) in [5, 5.41) is 9.59. The molecule has 6 nitrogen and oxygen atoms in total. The lowest BCUT2D eigenvalue weighted by atomic mass is 9.96. The molecule has 4 aromatic rings. The number of benzene rings is 3. The fraction of sp³-hybridized carbons (Fsp3) is 0.222. The Kier molecular flexibility index (Phi) is 7.22. The van der Waals surface area contributed by atoms with Gasteiger partial charge in [0.2, 0.25) is 15.2 Å². The second-order valence-corrected chi connectivity index (χ2v) is 11.4. The van der Waals surface area contributed by atoms with Gasteiger partial charge in [-0.2, -0.15) is 0 Å². The molecule has 1 aliphatic rings. The van der Waals surface area contributed by atoms with Gasteiger partial charge in [0.25, 0.3) is 0 Å². The number of hydrogen-bond donors (Lipinski definition) is 1. The summed E-state index contributed by atoms with van der Waals surface area (Å²) in [5.74, 6) is 0. The Labute approximate surface area is 210 Å². The quantitative estimate of drug-likeness (QED) is 0.355. The molecular weight excluding hydrogens is 476 g/mol. The van der Waals surface area contributed by atoms with E-state index >= 15 is 0 Å². The van der Waals surface area contributed by atoms with Crippen LogP contribution in [-0.4, -0.2) is 34.9 Å². The van der Waals surface area contributed by atoms with Crippen LogP contribution in [0.4, 0.5) is 0 Å². The Morgan fingerprint density at radius 2 is 1.29 bits per heavy atom. The van der Waals surface area contributed by atoms with Crippen LogP contribution in [-0.2, 0) is 10.0 Å². The first-order valence-corrected chi connectivity index (χ1v) is 14.1.